The maximum absolute atomic E-state index is 13.3. The summed E-state index contributed by atoms with van der Waals surface area (Å²) in [6.07, 6.45) is 0. The topological polar surface area (TPSA) is 43.2 Å². The number of amides is 1. The third-order valence-corrected chi connectivity index (χ3v) is 4.81. The number of nitrogens with zero attached hydrogens (tertiary/aromatic N) is 1. The second-order valence-corrected chi connectivity index (χ2v) is 6.65. The van der Waals surface area contributed by atoms with Crippen molar-refractivity contribution >= 4 is 5.91 Å². The molecule has 2 aromatic rings. The van der Waals surface area contributed by atoms with Crippen LogP contribution in [-0.2, 0) is 6.54 Å². The Morgan fingerprint density at radius 3 is 2.59 bits per heavy atom. The van der Waals surface area contributed by atoms with Gasteiger partial charge in [0, 0.05) is 11.1 Å². The highest BCUT2D eigenvalue weighted by atomic mass is 19.1. The van der Waals surface area contributed by atoms with E-state index in [2.05, 4.69) is 6.07 Å². The van der Waals surface area contributed by atoms with Crippen molar-refractivity contribution in [3.05, 3.63) is 59.4 Å². The summed E-state index contributed by atoms with van der Waals surface area (Å²) >= 11 is 0. The molecule has 0 atom stereocenters. The SMILES string of the molecule is CCOc1cc(C[NH+]2CCN(C(=O)c3cccc(F)c3)CC2)ccc1OC. The van der Waals surface area contributed by atoms with Crippen LogP contribution in [0.15, 0.2) is 42.5 Å². The molecule has 3 rings (SSSR count). The van der Waals surface area contributed by atoms with Crippen molar-refractivity contribution in [1.82, 2.24) is 4.90 Å². The second-order valence-electron chi connectivity index (χ2n) is 6.65. The van der Waals surface area contributed by atoms with E-state index in [1.165, 1.54) is 22.6 Å². The molecule has 1 saturated heterocycles. The van der Waals surface area contributed by atoms with Crippen molar-refractivity contribution < 1.29 is 23.6 Å². The lowest BCUT2D eigenvalue weighted by molar-refractivity contribution is -0.917. The zero-order valence-electron chi connectivity index (χ0n) is 15.8. The highest BCUT2D eigenvalue weighted by molar-refractivity contribution is 5.94. The molecule has 1 fully saturated rings. The average molecular weight is 373 g/mol. The average Bonchev–Trinajstić information content (AvgIpc) is 2.68. The van der Waals surface area contributed by atoms with Crippen LogP contribution in [0, 0.1) is 5.82 Å². The maximum atomic E-state index is 13.3. The first-order valence-corrected chi connectivity index (χ1v) is 9.29. The molecule has 0 saturated carbocycles. The number of benzene rings is 2. The summed E-state index contributed by atoms with van der Waals surface area (Å²) in [5.41, 5.74) is 1.59. The van der Waals surface area contributed by atoms with Gasteiger partial charge in [0.25, 0.3) is 5.91 Å². The molecule has 27 heavy (non-hydrogen) atoms. The van der Waals surface area contributed by atoms with E-state index in [4.69, 9.17) is 9.47 Å². The molecule has 1 N–H and O–H groups in total. The number of hydrogen-bond acceptors (Lipinski definition) is 3. The number of rotatable bonds is 6. The maximum Gasteiger partial charge on any atom is 0.254 e. The molecule has 144 valence electrons. The zero-order chi connectivity index (χ0) is 19.2. The van der Waals surface area contributed by atoms with Gasteiger partial charge in [0.2, 0.25) is 0 Å². The fourth-order valence-corrected chi connectivity index (χ4v) is 3.39. The smallest absolute Gasteiger partial charge is 0.254 e. The van der Waals surface area contributed by atoms with Gasteiger partial charge in [0.05, 0.1) is 39.9 Å². The van der Waals surface area contributed by atoms with Gasteiger partial charge >= 0.3 is 0 Å². The van der Waals surface area contributed by atoms with Crippen LogP contribution in [0.25, 0.3) is 0 Å². The Morgan fingerprint density at radius 1 is 1.15 bits per heavy atom. The standard InChI is InChI=1S/C21H25FN2O3/c1-3-27-20-13-16(7-8-19(20)26-2)15-23-9-11-24(12-10-23)21(25)17-5-4-6-18(22)14-17/h4-8,13-14H,3,9-12,15H2,1-2H3/p+1. The number of carbonyl (C=O) groups excluding carboxylic acids is 1. The van der Waals surface area contributed by atoms with Crippen molar-refractivity contribution in [2.24, 2.45) is 0 Å². The van der Waals surface area contributed by atoms with Gasteiger partial charge in [-0.3, -0.25) is 4.79 Å². The minimum Gasteiger partial charge on any atom is -0.493 e. The minimum atomic E-state index is -0.380. The summed E-state index contributed by atoms with van der Waals surface area (Å²) in [6.45, 7) is 6.46. The molecule has 0 aromatic heterocycles. The Kier molecular flexibility index (Phi) is 6.29. The number of hydrogen-bond donors (Lipinski definition) is 1. The Morgan fingerprint density at radius 2 is 1.93 bits per heavy atom. The van der Waals surface area contributed by atoms with E-state index in [9.17, 15) is 9.18 Å². The van der Waals surface area contributed by atoms with E-state index in [0.29, 0.717) is 25.3 Å². The van der Waals surface area contributed by atoms with Gasteiger partial charge in [-0.05, 0) is 43.3 Å². The Balaban J connectivity index is 1.58. The summed E-state index contributed by atoms with van der Waals surface area (Å²) in [5, 5.41) is 0. The molecule has 0 bridgehead atoms. The lowest BCUT2D eigenvalue weighted by Crippen LogP contribution is -3.13. The van der Waals surface area contributed by atoms with E-state index >= 15 is 0 Å². The molecular weight excluding hydrogens is 347 g/mol. The Hall–Kier alpha value is -2.60. The van der Waals surface area contributed by atoms with E-state index in [1.54, 1.807) is 24.1 Å². The number of carbonyl (C=O) groups is 1. The third kappa shape index (κ3) is 4.77. The van der Waals surface area contributed by atoms with Crippen molar-refractivity contribution in [1.29, 1.82) is 0 Å². The summed E-state index contributed by atoms with van der Waals surface area (Å²) in [4.78, 5) is 15.7. The first-order valence-electron chi connectivity index (χ1n) is 9.29. The number of methoxy groups -OCH3 is 1. The Labute approximate surface area is 159 Å². The number of piperazine rings is 1. The van der Waals surface area contributed by atoms with Gasteiger partial charge in [0.1, 0.15) is 12.4 Å². The van der Waals surface area contributed by atoms with Crippen molar-refractivity contribution in [3.8, 4) is 11.5 Å². The van der Waals surface area contributed by atoms with Crippen LogP contribution in [0.4, 0.5) is 4.39 Å². The van der Waals surface area contributed by atoms with E-state index in [0.717, 1.165) is 31.1 Å². The molecule has 0 unspecified atom stereocenters. The highest BCUT2D eigenvalue weighted by Gasteiger charge is 2.25. The quantitative estimate of drug-likeness (QED) is 0.839. The van der Waals surface area contributed by atoms with Gasteiger partial charge in [-0.25, -0.2) is 4.39 Å². The number of ether oxygens (including phenoxy) is 2. The normalized spacial score (nSPS) is 14.9. The zero-order valence-corrected chi connectivity index (χ0v) is 15.8. The molecule has 6 heteroatoms. The molecule has 1 amide bonds. The van der Waals surface area contributed by atoms with Crippen LogP contribution in [0.1, 0.15) is 22.8 Å². The molecule has 2 aromatic carbocycles. The highest BCUT2D eigenvalue weighted by Crippen LogP contribution is 2.27. The fraction of sp³-hybridized carbons (Fsp3) is 0.381. The molecule has 0 aliphatic carbocycles. The monoisotopic (exact) mass is 373 g/mol. The molecule has 5 nitrogen and oxygen atoms in total. The van der Waals surface area contributed by atoms with E-state index in [1.807, 2.05) is 19.1 Å². The van der Waals surface area contributed by atoms with Crippen molar-refractivity contribution in [2.75, 3.05) is 39.9 Å². The van der Waals surface area contributed by atoms with Crippen LogP contribution in [0.2, 0.25) is 0 Å². The number of halogens is 1. The Bertz CT molecular complexity index is 789. The molecular formula is C21H26FN2O3+. The molecule has 1 aliphatic heterocycles. The van der Waals surface area contributed by atoms with Gasteiger partial charge in [0.15, 0.2) is 11.5 Å². The third-order valence-electron chi connectivity index (χ3n) is 4.81. The second kappa shape index (κ2) is 8.86. The summed E-state index contributed by atoms with van der Waals surface area (Å²) in [7, 11) is 1.64. The summed E-state index contributed by atoms with van der Waals surface area (Å²) in [5.74, 6) is 1.02. The van der Waals surface area contributed by atoms with Crippen LogP contribution in [0.5, 0.6) is 11.5 Å². The number of quaternary nitrogens is 1. The van der Waals surface area contributed by atoms with Crippen LogP contribution >= 0.6 is 0 Å². The van der Waals surface area contributed by atoms with Gasteiger partial charge in [-0.1, -0.05) is 6.07 Å². The lowest BCUT2D eigenvalue weighted by Gasteiger charge is -2.32. The van der Waals surface area contributed by atoms with Gasteiger partial charge < -0.3 is 19.3 Å². The first kappa shape index (κ1) is 19.2. The lowest BCUT2D eigenvalue weighted by atomic mass is 10.1. The molecule has 0 radical (unpaired) electrons. The molecule has 0 spiro atoms. The summed E-state index contributed by atoms with van der Waals surface area (Å²) in [6, 6.07) is 11.9. The predicted octanol–water partition coefficient (Wildman–Crippen LogP) is 1.77. The first-order chi connectivity index (χ1) is 13.1. The fourth-order valence-electron chi connectivity index (χ4n) is 3.39. The van der Waals surface area contributed by atoms with Crippen LogP contribution < -0.4 is 14.4 Å². The molecule has 1 heterocycles. The van der Waals surface area contributed by atoms with E-state index < -0.39 is 0 Å². The largest absolute Gasteiger partial charge is 0.493 e. The number of nitrogens with one attached hydrogen (secondary N) is 1. The molecule has 1 aliphatic rings. The van der Waals surface area contributed by atoms with Crippen molar-refractivity contribution in [2.45, 2.75) is 13.5 Å². The van der Waals surface area contributed by atoms with Gasteiger partial charge in [-0.15, -0.1) is 0 Å². The van der Waals surface area contributed by atoms with Crippen LogP contribution in [-0.4, -0.2) is 50.7 Å². The van der Waals surface area contributed by atoms with E-state index in [-0.39, 0.29) is 11.7 Å². The summed E-state index contributed by atoms with van der Waals surface area (Å²) < 4.78 is 24.3. The van der Waals surface area contributed by atoms with Gasteiger partial charge in [-0.2, -0.15) is 0 Å². The van der Waals surface area contributed by atoms with Crippen LogP contribution in [0.3, 0.4) is 0 Å². The predicted molar refractivity (Wildman–Crippen MR) is 101 cm³/mol. The van der Waals surface area contributed by atoms with Crippen molar-refractivity contribution in [3.63, 3.8) is 0 Å². The minimum absolute atomic E-state index is 0.100.